The van der Waals surface area contributed by atoms with Gasteiger partial charge in [0.25, 0.3) is 0 Å². The van der Waals surface area contributed by atoms with Gasteiger partial charge in [-0.2, -0.15) is 4.98 Å². The third kappa shape index (κ3) is 4.57. The van der Waals surface area contributed by atoms with Gasteiger partial charge in [0, 0.05) is 43.3 Å². The predicted octanol–water partition coefficient (Wildman–Crippen LogP) is 3.07. The molecule has 0 spiro atoms. The molecule has 4 aromatic rings. The van der Waals surface area contributed by atoms with E-state index < -0.39 is 0 Å². The summed E-state index contributed by atoms with van der Waals surface area (Å²) in [6.45, 7) is 5.90. The Balaban J connectivity index is 1.34. The molecule has 1 aliphatic heterocycles. The molecule has 0 amide bonds. The van der Waals surface area contributed by atoms with Crippen LogP contribution >= 0.6 is 0 Å². The Morgan fingerprint density at radius 1 is 1.06 bits per heavy atom. The number of pyridine rings is 1. The molecule has 0 bridgehead atoms. The fraction of sp³-hybridized carbons (Fsp3) is 0.261. The van der Waals surface area contributed by atoms with Gasteiger partial charge in [-0.15, -0.1) is 0 Å². The highest BCUT2D eigenvalue weighted by Crippen LogP contribution is 2.24. The average Bonchev–Trinajstić information content (AvgIpc) is 3.33. The Morgan fingerprint density at radius 3 is 2.78 bits per heavy atom. The number of imidazole rings is 1. The molecule has 1 aliphatic rings. The van der Waals surface area contributed by atoms with Gasteiger partial charge in [0.2, 0.25) is 5.95 Å². The normalized spacial score (nSPS) is 13.8. The van der Waals surface area contributed by atoms with Gasteiger partial charge in [-0.05, 0) is 36.8 Å². The number of morpholine rings is 1. The van der Waals surface area contributed by atoms with Crippen LogP contribution in [0.4, 0.5) is 17.5 Å². The molecule has 9 heteroatoms. The number of nitrogens with one attached hydrogen (secondary N) is 1. The lowest BCUT2D eigenvalue weighted by Gasteiger charge is -2.28. The molecule has 0 unspecified atom stereocenters. The van der Waals surface area contributed by atoms with Gasteiger partial charge in [-0.3, -0.25) is 0 Å². The number of aromatic nitrogens is 6. The molecule has 4 heterocycles. The maximum absolute atomic E-state index is 5.43. The van der Waals surface area contributed by atoms with Crippen molar-refractivity contribution in [1.82, 2.24) is 29.5 Å². The number of aryl methyl sites for hydroxylation is 1. The summed E-state index contributed by atoms with van der Waals surface area (Å²) in [6, 6.07) is 12.2. The summed E-state index contributed by atoms with van der Waals surface area (Å²) in [6.07, 6.45) is 7.05. The van der Waals surface area contributed by atoms with Crippen LogP contribution in [0.15, 0.2) is 61.4 Å². The van der Waals surface area contributed by atoms with E-state index in [0.29, 0.717) is 11.8 Å². The smallest absolute Gasteiger partial charge is 0.230 e. The fourth-order valence-electron chi connectivity index (χ4n) is 3.71. The van der Waals surface area contributed by atoms with E-state index in [1.165, 1.54) is 6.33 Å². The lowest BCUT2D eigenvalue weighted by atomic mass is 10.2. The van der Waals surface area contributed by atoms with Crippen LogP contribution in [0.1, 0.15) is 11.3 Å². The molecule has 9 nitrogen and oxygen atoms in total. The van der Waals surface area contributed by atoms with Gasteiger partial charge in [-0.1, -0.05) is 12.1 Å². The van der Waals surface area contributed by atoms with Crippen LogP contribution in [0, 0.1) is 6.92 Å². The van der Waals surface area contributed by atoms with Crippen molar-refractivity contribution in [2.24, 2.45) is 0 Å². The second-order valence-corrected chi connectivity index (χ2v) is 7.59. The Kier molecular flexibility index (Phi) is 5.71. The molecule has 1 N–H and O–H groups in total. The highest BCUT2D eigenvalue weighted by atomic mass is 16.5. The van der Waals surface area contributed by atoms with Gasteiger partial charge in [0.15, 0.2) is 5.82 Å². The van der Waals surface area contributed by atoms with Crippen molar-refractivity contribution in [3.8, 4) is 11.4 Å². The summed E-state index contributed by atoms with van der Waals surface area (Å²) in [4.78, 5) is 24.4. The lowest BCUT2D eigenvalue weighted by Crippen LogP contribution is -2.36. The molecule has 0 saturated carbocycles. The zero-order chi connectivity index (χ0) is 21.8. The number of hydrogen-bond donors (Lipinski definition) is 1. The van der Waals surface area contributed by atoms with Crippen molar-refractivity contribution >= 4 is 17.5 Å². The van der Waals surface area contributed by atoms with E-state index in [9.17, 15) is 0 Å². The van der Waals surface area contributed by atoms with Crippen LogP contribution in [-0.4, -0.2) is 55.8 Å². The Hall–Kier alpha value is -3.85. The van der Waals surface area contributed by atoms with Gasteiger partial charge in [0.1, 0.15) is 12.1 Å². The highest BCUT2D eigenvalue weighted by molar-refractivity contribution is 5.63. The molecular formula is C23H24N8O. The standard InChI is InChI=1S/C23H24N8O/c1-17-20(5-6-21(27-17)31-9-11-32-12-10-31)22-25-15-26-23(29-22)28-19-4-2-3-18(13-19)14-30-8-7-24-16-30/h2-8,13,15-16H,9-12,14H2,1H3,(H,25,26,28,29). The largest absolute Gasteiger partial charge is 0.378 e. The Morgan fingerprint density at radius 2 is 1.97 bits per heavy atom. The van der Waals surface area contributed by atoms with Crippen molar-refractivity contribution in [2.75, 3.05) is 36.5 Å². The van der Waals surface area contributed by atoms with Crippen LogP contribution in [0.3, 0.4) is 0 Å². The van der Waals surface area contributed by atoms with Crippen molar-refractivity contribution in [3.63, 3.8) is 0 Å². The van der Waals surface area contributed by atoms with E-state index >= 15 is 0 Å². The predicted molar refractivity (Wildman–Crippen MR) is 122 cm³/mol. The summed E-state index contributed by atoms with van der Waals surface area (Å²) in [5, 5.41) is 3.29. The van der Waals surface area contributed by atoms with Crippen LogP contribution in [0.25, 0.3) is 11.4 Å². The second kappa shape index (κ2) is 9.11. The van der Waals surface area contributed by atoms with Gasteiger partial charge in [0.05, 0.1) is 25.2 Å². The molecule has 0 aliphatic carbocycles. The van der Waals surface area contributed by atoms with E-state index in [0.717, 1.165) is 61.2 Å². The first-order valence-electron chi connectivity index (χ1n) is 10.6. The van der Waals surface area contributed by atoms with Crippen LogP contribution < -0.4 is 10.2 Å². The van der Waals surface area contributed by atoms with Gasteiger partial charge in [-0.25, -0.2) is 19.9 Å². The topological polar surface area (TPSA) is 93.9 Å². The number of hydrogen-bond acceptors (Lipinski definition) is 8. The summed E-state index contributed by atoms with van der Waals surface area (Å²) in [5.41, 5.74) is 3.84. The quantitative estimate of drug-likeness (QED) is 0.501. The number of ether oxygens (including phenoxy) is 1. The van der Waals surface area contributed by atoms with Crippen molar-refractivity contribution in [3.05, 3.63) is 72.7 Å². The molecule has 3 aromatic heterocycles. The first kappa shape index (κ1) is 20.1. The SMILES string of the molecule is Cc1nc(N2CCOCC2)ccc1-c1ncnc(Nc2cccc(Cn3ccnc3)c2)n1. The molecule has 1 aromatic carbocycles. The van der Waals surface area contributed by atoms with Gasteiger partial charge >= 0.3 is 0 Å². The van der Waals surface area contributed by atoms with Crippen molar-refractivity contribution in [2.45, 2.75) is 13.5 Å². The maximum Gasteiger partial charge on any atom is 0.230 e. The van der Waals surface area contributed by atoms with E-state index in [2.05, 4.69) is 42.3 Å². The molecule has 1 fully saturated rings. The van der Waals surface area contributed by atoms with E-state index in [1.807, 2.05) is 42.0 Å². The second-order valence-electron chi connectivity index (χ2n) is 7.59. The Bertz CT molecular complexity index is 1190. The first-order chi connectivity index (χ1) is 15.7. The summed E-state index contributed by atoms with van der Waals surface area (Å²) in [5.74, 6) is 2.04. The highest BCUT2D eigenvalue weighted by Gasteiger charge is 2.15. The molecular weight excluding hydrogens is 404 g/mol. The van der Waals surface area contributed by atoms with Gasteiger partial charge < -0.3 is 19.5 Å². The zero-order valence-electron chi connectivity index (χ0n) is 17.8. The number of nitrogens with zero attached hydrogens (tertiary/aromatic N) is 7. The third-order valence-corrected chi connectivity index (χ3v) is 5.33. The zero-order valence-corrected chi connectivity index (χ0v) is 17.8. The Labute approximate surface area is 186 Å². The van der Waals surface area contributed by atoms with Crippen LogP contribution in [0.5, 0.6) is 0 Å². The number of anilines is 3. The molecule has 0 radical (unpaired) electrons. The molecule has 0 atom stereocenters. The molecule has 32 heavy (non-hydrogen) atoms. The molecule has 162 valence electrons. The molecule has 5 rings (SSSR count). The number of benzene rings is 1. The molecule has 1 saturated heterocycles. The minimum absolute atomic E-state index is 0.492. The monoisotopic (exact) mass is 428 g/mol. The minimum Gasteiger partial charge on any atom is -0.378 e. The fourth-order valence-corrected chi connectivity index (χ4v) is 3.71. The van der Waals surface area contributed by atoms with Crippen molar-refractivity contribution < 1.29 is 4.74 Å². The van der Waals surface area contributed by atoms with E-state index in [-0.39, 0.29) is 0 Å². The van der Waals surface area contributed by atoms with E-state index in [4.69, 9.17) is 9.72 Å². The van der Waals surface area contributed by atoms with Crippen LogP contribution in [-0.2, 0) is 11.3 Å². The lowest BCUT2D eigenvalue weighted by molar-refractivity contribution is 0.122. The average molecular weight is 429 g/mol. The minimum atomic E-state index is 0.492. The third-order valence-electron chi connectivity index (χ3n) is 5.33. The van der Waals surface area contributed by atoms with Crippen LogP contribution in [0.2, 0.25) is 0 Å². The van der Waals surface area contributed by atoms with E-state index in [1.54, 1.807) is 12.5 Å². The summed E-state index contributed by atoms with van der Waals surface area (Å²) < 4.78 is 7.46. The summed E-state index contributed by atoms with van der Waals surface area (Å²) >= 11 is 0. The summed E-state index contributed by atoms with van der Waals surface area (Å²) in [7, 11) is 0. The number of rotatable bonds is 6. The van der Waals surface area contributed by atoms with Crippen molar-refractivity contribution in [1.29, 1.82) is 0 Å². The first-order valence-corrected chi connectivity index (χ1v) is 10.6. The maximum atomic E-state index is 5.43.